The second-order valence-corrected chi connectivity index (χ2v) is 7.38. The molecule has 1 aromatic carbocycles. The Balaban J connectivity index is 1.96. The molecule has 1 aliphatic rings. The third kappa shape index (κ3) is 2.29. The summed E-state index contributed by atoms with van der Waals surface area (Å²) in [5, 5.41) is 0.708. The molecular formula is C16H16N2O3S. The van der Waals surface area contributed by atoms with Crippen LogP contribution in [0.3, 0.4) is 0 Å². The van der Waals surface area contributed by atoms with Gasteiger partial charge in [0.15, 0.2) is 0 Å². The Morgan fingerprint density at radius 1 is 1.41 bits per heavy atom. The summed E-state index contributed by atoms with van der Waals surface area (Å²) in [4.78, 5) is 16.4. The van der Waals surface area contributed by atoms with E-state index in [4.69, 9.17) is 0 Å². The van der Waals surface area contributed by atoms with E-state index < -0.39 is 21.3 Å². The Bertz CT molecular complexity index is 871. The minimum atomic E-state index is -3.96. The van der Waals surface area contributed by atoms with Crippen LogP contribution in [0.5, 0.6) is 0 Å². The lowest BCUT2D eigenvalue weighted by Crippen LogP contribution is -2.36. The normalized spacial score (nSPS) is 24.0. The van der Waals surface area contributed by atoms with Crippen LogP contribution in [0.15, 0.2) is 54.1 Å². The van der Waals surface area contributed by atoms with Gasteiger partial charge in [0.25, 0.3) is 10.0 Å². The van der Waals surface area contributed by atoms with Gasteiger partial charge >= 0.3 is 0 Å². The molecule has 22 heavy (non-hydrogen) atoms. The molecule has 0 unspecified atom stereocenters. The van der Waals surface area contributed by atoms with Gasteiger partial charge in [-0.05, 0) is 24.5 Å². The highest BCUT2D eigenvalue weighted by atomic mass is 32.2. The summed E-state index contributed by atoms with van der Waals surface area (Å²) >= 11 is 0. The number of carbonyl (C=O) groups is 1. The van der Waals surface area contributed by atoms with Gasteiger partial charge in [0.1, 0.15) is 4.90 Å². The standard InChI is InChI=1S/C16H16N2O3S/c1-3-12-10-16(12,2)15(19)18-22(20,21)13-8-4-6-11-7-5-9-17-14(11)13/h3-9,12H,1,10H2,2H3,(H,18,19)/t12-,16+/m1/s1. The molecule has 3 rings (SSSR count). The number of carbonyl (C=O) groups excluding carboxylic acids is 1. The van der Waals surface area contributed by atoms with Gasteiger partial charge in [-0.25, -0.2) is 13.1 Å². The summed E-state index contributed by atoms with van der Waals surface area (Å²) in [6.07, 6.45) is 3.83. The van der Waals surface area contributed by atoms with E-state index >= 15 is 0 Å². The number of pyridine rings is 1. The maximum atomic E-state index is 12.5. The van der Waals surface area contributed by atoms with E-state index in [9.17, 15) is 13.2 Å². The Morgan fingerprint density at radius 3 is 2.82 bits per heavy atom. The van der Waals surface area contributed by atoms with Gasteiger partial charge in [0.2, 0.25) is 5.91 Å². The molecule has 1 heterocycles. The Kier molecular flexibility index (Phi) is 3.29. The van der Waals surface area contributed by atoms with Crippen LogP contribution in [-0.2, 0) is 14.8 Å². The number of para-hydroxylation sites is 1. The predicted molar refractivity (Wildman–Crippen MR) is 83.5 cm³/mol. The number of nitrogens with one attached hydrogen (secondary N) is 1. The van der Waals surface area contributed by atoms with E-state index in [1.165, 1.54) is 12.3 Å². The zero-order valence-corrected chi connectivity index (χ0v) is 12.9. The SMILES string of the molecule is C=C[C@@H]1C[C@]1(C)C(=O)NS(=O)(=O)c1cccc2cccnc12. The molecule has 0 aliphatic heterocycles. The van der Waals surface area contributed by atoms with E-state index in [-0.39, 0.29) is 10.8 Å². The van der Waals surface area contributed by atoms with Gasteiger partial charge in [0.05, 0.1) is 10.9 Å². The fraction of sp³-hybridized carbons (Fsp3) is 0.250. The summed E-state index contributed by atoms with van der Waals surface area (Å²) in [5.41, 5.74) is -0.334. The number of hydrogen-bond donors (Lipinski definition) is 1. The zero-order valence-electron chi connectivity index (χ0n) is 12.1. The number of amides is 1. The molecule has 0 radical (unpaired) electrons. The van der Waals surface area contributed by atoms with Crippen molar-refractivity contribution in [1.82, 2.24) is 9.71 Å². The van der Waals surface area contributed by atoms with E-state index in [1.807, 2.05) is 0 Å². The number of rotatable bonds is 4. The molecule has 2 atom stereocenters. The molecule has 1 amide bonds. The fourth-order valence-electron chi connectivity index (χ4n) is 2.59. The second kappa shape index (κ2) is 4.91. The Labute approximate surface area is 129 Å². The average molecular weight is 316 g/mol. The van der Waals surface area contributed by atoms with Crippen molar-refractivity contribution in [1.29, 1.82) is 0 Å². The monoisotopic (exact) mass is 316 g/mol. The fourth-order valence-corrected chi connectivity index (χ4v) is 3.86. The molecule has 0 spiro atoms. The summed E-state index contributed by atoms with van der Waals surface area (Å²) < 4.78 is 27.2. The third-order valence-electron chi connectivity index (χ3n) is 4.22. The van der Waals surface area contributed by atoms with Crippen molar-refractivity contribution >= 4 is 26.8 Å². The van der Waals surface area contributed by atoms with Crippen LogP contribution in [0.1, 0.15) is 13.3 Å². The molecule has 1 N–H and O–H groups in total. The van der Waals surface area contributed by atoms with Gasteiger partial charge < -0.3 is 0 Å². The first kappa shape index (κ1) is 14.7. The van der Waals surface area contributed by atoms with Crippen LogP contribution < -0.4 is 4.72 Å². The van der Waals surface area contributed by atoms with Gasteiger partial charge in [-0.2, -0.15) is 0 Å². The number of nitrogens with zero attached hydrogens (tertiary/aromatic N) is 1. The van der Waals surface area contributed by atoms with Gasteiger partial charge in [0, 0.05) is 11.6 Å². The minimum absolute atomic E-state index is 0.0124. The smallest absolute Gasteiger partial charge is 0.266 e. The van der Waals surface area contributed by atoms with Gasteiger partial charge in [-0.3, -0.25) is 9.78 Å². The molecular weight excluding hydrogens is 300 g/mol. The highest BCUT2D eigenvalue weighted by Crippen LogP contribution is 2.53. The van der Waals surface area contributed by atoms with E-state index in [0.717, 1.165) is 0 Å². The number of fused-ring (bicyclic) bond motifs is 1. The average Bonchev–Trinajstić information content (AvgIpc) is 3.19. The van der Waals surface area contributed by atoms with E-state index in [2.05, 4.69) is 16.3 Å². The number of aromatic nitrogens is 1. The lowest BCUT2D eigenvalue weighted by Gasteiger charge is -2.13. The van der Waals surface area contributed by atoms with Crippen LogP contribution in [0.25, 0.3) is 10.9 Å². The van der Waals surface area contributed by atoms with Gasteiger partial charge in [-0.15, -0.1) is 6.58 Å². The predicted octanol–water partition coefficient (Wildman–Crippen LogP) is 2.25. The summed E-state index contributed by atoms with van der Waals surface area (Å²) in [5.74, 6) is -0.473. The molecule has 1 aromatic heterocycles. The van der Waals surface area contributed by atoms with Crippen LogP contribution in [0.4, 0.5) is 0 Å². The quantitative estimate of drug-likeness (QED) is 0.878. The molecule has 2 aromatic rings. The molecule has 1 fully saturated rings. The van der Waals surface area contributed by atoms with Crippen LogP contribution in [0.2, 0.25) is 0 Å². The molecule has 6 heteroatoms. The van der Waals surface area contributed by atoms with Crippen molar-refractivity contribution in [2.75, 3.05) is 0 Å². The number of hydrogen-bond acceptors (Lipinski definition) is 4. The molecule has 5 nitrogen and oxygen atoms in total. The second-order valence-electron chi connectivity index (χ2n) is 5.73. The van der Waals surface area contributed by atoms with Crippen molar-refractivity contribution in [3.05, 3.63) is 49.2 Å². The van der Waals surface area contributed by atoms with Crippen molar-refractivity contribution in [2.24, 2.45) is 11.3 Å². The van der Waals surface area contributed by atoms with Crippen molar-refractivity contribution < 1.29 is 13.2 Å². The highest BCUT2D eigenvalue weighted by molar-refractivity contribution is 7.90. The molecule has 0 saturated heterocycles. The maximum Gasteiger partial charge on any atom is 0.266 e. The summed E-state index contributed by atoms with van der Waals surface area (Å²) in [6, 6.07) is 8.37. The van der Waals surface area contributed by atoms with Crippen LogP contribution >= 0.6 is 0 Å². The molecule has 0 bridgehead atoms. The number of sulfonamides is 1. The number of allylic oxidation sites excluding steroid dienone is 1. The van der Waals surface area contributed by atoms with E-state index in [1.54, 1.807) is 37.3 Å². The van der Waals surface area contributed by atoms with Crippen LogP contribution in [0, 0.1) is 11.3 Å². The Morgan fingerprint density at radius 2 is 2.14 bits per heavy atom. The maximum absolute atomic E-state index is 12.5. The minimum Gasteiger partial charge on any atom is -0.273 e. The highest BCUT2D eigenvalue weighted by Gasteiger charge is 2.55. The molecule has 1 aliphatic carbocycles. The summed E-state index contributed by atoms with van der Waals surface area (Å²) in [7, 11) is -3.96. The molecule has 114 valence electrons. The van der Waals surface area contributed by atoms with E-state index in [0.29, 0.717) is 17.3 Å². The van der Waals surface area contributed by atoms with Crippen molar-refractivity contribution in [2.45, 2.75) is 18.2 Å². The third-order valence-corrected chi connectivity index (χ3v) is 5.58. The lowest BCUT2D eigenvalue weighted by molar-refractivity contribution is -0.124. The van der Waals surface area contributed by atoms with Crippen LogP contribution in [-0.4, -0.2) is 19.3 Å². The zero-order chi connectivity index (χ0) is 16.0. The molecule has 1 saturated carbocycles. The first-order chi connectivity index (χ1) is 10.4. The first-order valence-electron chi connectivity index (χ1n) is 6.92. The summed E-state index contributed by atoms with van der Waals surface area (Å²) in [6.45, 7) is 5.40. The lowest BCUT2D eigenvalue weighted by atomic mass is 10.1. The topological polar surface area (TPSA) is 76.1 Å². The van der Waals surface area contributed by atoms with Crippen molar-refractivity contribution in [3.8, 4) is 0 Å². The first-order valence-corrected chi connectivity index (χ1v) is 8.40. The largest absolute Gasteiger partial charge is 0.273 e. The Hall–Kier alpha value is -2.21. The van der Waals surface area contributed by atoms with Gasteiger partial charge in [-0.1, -0.05) is 31.2 Å². The number of benzene rings is 1. The van der Waals surface area contributed by atoms with Crippen molar-refractivity contribution in [3.63, 3.8) is 0 Å².